The molecule has 20 heavy (non-hydrogen) atoms. The zero-order chi connectivity index (χ0) is 14.5. The Bertz CT molecular complexity index is 591. The van der Waals surface area contributed by atoms with E-state index in [0.29, 0.717) is 16.6 Å². The summed E-state index contributed by atoms with van der Waals surface area (Å²) < 4.78 is 0. The molecule has 0 aliphatic carbocycles. The highest BCUT2D eigenvalue weighted by Crippen LogP contribution is 2.16. The molecular formula is C16H19N3S. The van der Waals surface area contributed by atoms with E-state index >= 15 is 0 Å². The van der Waals surface area contributed by atoms with Crippen LogP contribution in [0.5, 0.6) is 0 Å². The second kappa shape index (κ2) is 6.48. The standard InChI is InChI=1S/C16H19N3S/c1-11(2)13-5-3-12(4-6-13)10-19-14-7-8-18-15(9-14)16(17)20/h3-9,11H,10H2,1-2H3,(H2,17,20)(H,18,19). The first-order valence-electron chi connectivity index (χ1n) is 6.65. The van der Waals surface area contributed by atoms with Crippen LogP contribution in [0, 0.1) is 0 Å². The zero-order valence-electron chi connectivity index (χ0n) is 11.8. The van der Waals surface area contributed by atoms with Crippen LogP contribution in [-0.2, 0) is 6.54 Å². The van der Waals surface area contributed by atoms with E-state index in [2.05, 4.69) is 48.4 Å². The molecule has 0 bridgehead atoms. The minimum atomic E-state index is 0.315. The average molecular weight is 285 g/mol. The fraction of sp³-hybridized carbons (Fsp3) is 0.250. The van der Waals surface area contributed by atoms with Crippen molar-refractivity contribution in [2.45, 2.75) is 26.3 Å². The third-order valence-electron chi connectivity index (χ3n) is 3.16. The maximum atomic E-state index is 5.58. The Kier molecular flexibility index (Phi) is 4.69. The molecule has 2 rings (SSSR count). The van der Waals surface area contributed by atoms with E-state index in [1.54, 1.807) is 6.20 Å². The van der Waals surface area contributed by atoms with Crippen LogP contribution in [0.4, 0.5) is 5.69 Å². The molecular weight excluding hydrogens is 266 g/mol. The maximum absolute atomic E-state index is 5.58. The Morgan fingerprint density at radius 2 is 1.95 bits per heavy atom. The fourth-order valence-corrected chi connectivity index (χ4v) is 2.01. The van der Waals surface area contributed by atoms with Gasteiger partial charge in [0.1, 0.15) is 4.99 Å². The van der Waals surface area contributed by atoms with Crippen LogP contribution in [-0.4, -0.2) is 9.97 Å². The van der Waals surface area contributed by atoms with Gasteiger partial charge in [0.05, 0.1) is 5.69 Å². The molecule has 1 aromatic carbocycles. The number of hydrogen-bond donors (Lipinski definition) is 2. The molecule has 0 amide bonds. The molecule has 0 aliphatic heterocycles. The van der Waals surface area contributed by atoms with Crippen molar-refractivity contribution in [1.82, 2.24) is 4.98 Å². The lowest BCUT2D eigenvalue weighted by atomic mass is 10.0. The molecule has 0 aliphatic rings. The highest BCUT2D eigenvalue weighted by molar-refractivity contribution is 7.80. The Labute approximate surface area is 125 Å². The molecule has 104 valence electrons. The van der Waals surface area contributed by atoms with Gasteiger partial charge in [-0.3, -0.25) is 4.98 Å². The molecule has 0 fully saturated rings. The van der Waals surface area contributed by atoms with E-state index < -0.39 is 0 Å². The summed E-state index contributed by atoms with van der Waals surface area (Å²) in [6.07, 6.45) is 1.71. The number of pyridine rings is 1. The molecule has 4 heteroatoms. The number of nitrogens with one attached hydrogen (secondary N) is 1. The predicted molar refractivity (Wildman–Crippen MR) is 88.0 cm³/mol. The quantitative estimate of drug-likeness (QED) is 0.826. The van der Waals surface area contributed by atoms with Crippen molar-refractivity contribution >= 4 is 22.9 Å². The molecule has 0 saturated heterocycles. The van der Waals surface area contributed by atoms with E-state index in [1.807, 2.05) is 12.1 Å². The van der Waals surface area contributed by atoms with Gasteiger partial charge in [0.25, 0.3) is 0 Å². The van der Waals surface area contributed by atoms with Crippen LogP contribution in [0.1, 0.15) is 36.6 Å². The third-order valence-corrected chi connectivity index (χ3v) is 3.36. The largest absolute Gasteiger partial charge is 0.388 e. The van der Waals surface area contributed by atoms with Crippen molar-refractivity contribution in [1.29, 1.82) is 0 Å². The van der Waals surface area contributed by atoms with Crippen LogP contribution in [0.25, 0.3) is 0 Å². The second-order valence-electron chi connectivity index (χ2n) is 5.04. The molecule has 3 nitrogen and oxygen atoms in total. The predicted octanol–water partition coefficient (Wildman–Crippen LogP) is 3.45. The van der Waals surface area contributed by atoms with Gasteiger partial charge in [-0.15, -0.1) is 0 Å². The van der Waals surface area contributed by atoms with E-state index in [0.717, 1.165) is 12.2 Å². The molecule has 1 heterocycles. The summed E-state index contributed by atoms with van der Waals surface area (Å²) in [6.45, 7) is 5.15. The number of hydrogen-bond acceptors (Lipinski definition) is 3. The molecule has 1 aromatic heterocycles. The van der Waals surface area contributed by atoms with E-state index in [4.69, 9.17) is 18.0 Å². The van der Waals surface area contributed by atoms with Gasteiger partial charge in [-0.05, 0) is 29.2 Å². The Balaban J connectivity index is 2.01. The number of benzene rings is 1. The smallest absolute Gasteiger partial charge is 0.122 e. The van der Waals surface area contributed by atoms with Crippen molar-refractivity contribution in [3.8, 4) is 0 Å². The lowest BCUT2D eigenvalue weighted by Crippen LogP contribution is -2.12. The van der Waals surface area contributed by atoms with E-state index in [-0.39, 0.29) is 0 Å². The van der Waals surface area contributed by atoms with Crippen molar-refractivity contribution in [2.24, 2.45) is 5.73 Å². The molecule has 0 spiro atoms. The van der Waals surface area contributed by atoms with Gasteiger partial charge in [0.15, 0.2) is 0 Å². The van der Waals surface area contributed by atoms with Crippen LogP contribution >= 0.6 is 12.2 Å². The van der Waals surface area contributed by atoms with Crippen LogP contribution < -0.4 is 11.1 Å². The average Bonchev–Trinajstić information content (AvgIpc) is 2.46. The topological polar surface area (TPSA) is 50.9 Å². The summed E-state index contributed by atoms with van der Waals surface area (Å²) in [4.78, 5) is 4.43. The monoisotopic (exact) mass is 285 g/mol. The molecule has 0 saturated carbocycles. The van der Waals surface area contributed by atoms with Gasteiger partial charge < -0.3 is 11.1 Å². The Morgan fingerprint density at radius 3 is 2.55 bits per heavy atom. The molecule has 3 N–H and O–H groups in total. The van der Waals surface area contributed by atoms with Gasteiger partial charge in [0.2, 0.25) is 0 Å². The number of aromatic nitrogens is 1. The first-order chi connectivity index (χ1) is 9.56. The summed E-state index contributed by atoms with van der Waals surface area (Å²) in [6, 6.07) is 12.4. The van der Waals surface area contributed by atoms with E-state index in [1.165, 1.54) is 11.1 Å². The highest BCUT2D eigenvalue weighted by atomic mass is 32.1. The van der Waals surface area contributed by atoms with E-state index in [9.17, 15) is 0 Å². The van der Waals surface area contributed by atoms with Crippen molar-refractivity contribution in [3.63, 3.8) is 0 Å². The minimum absolute atomic E-state index is 0.315. The van der Waals surface area contributed by atoms with Gasteiger partial charge >= 0.3 is 0 Å². The fourth-order valence-electron chi connectivity index (χ4n) is 1.90. The number of nitrogens with zero attached hydrogens (tertiary/aromatic N) is 1. The van der Waals surface area contributed by atoms with Gasteiger partial charge in [0, 0.05) is 18.4 Å². The van der Waals surface area contributed by atoms with Crippen LogP contribution in [0.2, 0.25) is 0 Å². The lowest BCUT2D eigenvalue weighted by Gasteiger charge is -2.09. The van der Waals surface area contributed by atoms with Crippen LogP contribution in [0.3, 0.4) is 0 Å². The normalized spacial score (nSPS) is 10.6. The second-order valence-corrected chi connectivity index (χ2v) is 5.48. The summed E-state index contributed by atoms with van der Waals surface area (Å²) in [7, 11) is 0. The van der Waals surface area contributed by atoms with Gasteiger partial charge in [-0.25, -0.2) is 0 Å². The summed E-state index contributed by atoms with van der Waals surface area (Å²) in [5.41, 5.74) is 9.78. The highest BCUT2D eigenvalue weighted by Gasteiger charge is 2.01. The summed E-state index contributed by atoms with van der Waals surface area (Å²) >= 11 is 4.93. The molecule has 0 atom stereocenters. The molecule has 0 unspecified atom stereocenters. The summed E-state index contributed by atoms with van der Waals surface area (Å²) in [5.74, 6) is 0.560. The maximum Gasteiger partial charge on any atom is 0.122 e. The Morgan fingerprint density at radius 1 is 1.25 bits per heavy atom. The van der Waals surface area contributed by atoms with Gasteiger partial charge in [-0.2, -0.15) is 0 Å². The van der Waals surface area contributed by atoms with Crippen molar-refractivity contribution in [3.05, 3.63) is 59.4 Å². The first-order valence-corrected chi connectivity index (χ1v) is 7.05. The molecule has 2 aromatic rings. The SMILES string of the molecule is CC(C)c1ccc(CNc2ccnc(C(N)=S)c2)cc1. The minimum Gasteiger partial charge on any atom is -0.388 e. The van der Waals surface area contributed by atoms with Crippen molar-refractivity contribution in [2.75, 3.05) is 5.32 Å². The number of nitrogens with two attached hydrogens (primary N) is 1. The summed E-state index contributed by atoms with van der Waals surface area (Å²) in [5, 5.41) is 3.35. The Hall–Kier alpha value is -1.94. The van der Waals surface area contributed by atoms with Crippen molar-refractivity contribution < 1.29 is 0 Å². The van der Waals surface area contributed by atoms with Gasteiger partial charge in [-0.1, -0.05) is 50.3 Å². The van der Waals surface area contributed by atoms with Crippen LogP contribution in [0.15, 0.2) is 42.6 Å². The number of thiocarbonyl (C=S) groups is 1. The number of anilines is 1. The lowest BCUT2D eigenvalue weighted by molar-refractivity contribution is 0.865. The molecule has 0 radical (unpaired) electrons. The number of rotatable bonds is 5. The first kappa shape index (κ1) is 14.5. The third kappa shape index (κ3) is 3.78. The zero-order valence-corrected chi connectivity index (χ0v) is 12.6.